The van der Waals surface area contributed by atoms with E-state index in [-0.39, 0.29) is 0 Å². The van der Waals surface area contributed by atoms with Gasteiger partial charge in [-0.1, -0.05) is 12.1 Å². The molecule has 0 radical (unpaired) electrons. The van der Waals surface area contributed by atoms with E-state index in [1.54, 1.807) is 27.7 Å². The summed E-state index contributed by atoms with van der Waals surface area (Å²) in [4.78, 5) is 0. The Morgan fingerprint density at radius 2 is 0.957 bits per heavy atom. The third kappa shape index (κ3) is 3.38. The minimum atomic E-state index is -4.80. The maximum atomic E-state index is 14.2. The van der Waals surface area contributed by atoms with Gasteiger partial charge in [-0.15, -0.1) is 0 Å². The second-order valence-electron chi connectivity index (χ2n) is 5.89. The monoisotopic (exact) mass is 328 g/mol. The Morgan fingerprint density at radius 1 is 0.652 bits per heavy atom. The van der Waals surface area contributed by atoms with Gasteiger partial charge in [0.2, 0.25) is 0 Å². The van der Waals surface area contributed by atoms with E-state index in [9.17, 15) is 22.0 Å². The van der Waals surface area contributed by atoms with Crippen LogP contribution in [0.15, 0.2) is 24.3 Å². The largest absolute Gasteiger partial charge is 0.399 e. The number of alkyl halides is 3. The molecule has 0 amide bonds. The fourth-order valence-electron chi connectivity index (χ4n) is 2.57. The number of benzene rings is 2. The minimum absolute atomic E-state index is 0.528. The van der Waals surface area contributed by atoms with Crippen molar-refractivity contribution in [1.82, 2.24) is 0 Å². The number of rotatable bonds is 2. The number of halogens is 5. The van der Waals surface area contributed by atoms with Gasteiger partial charge < -0.3 is 0 Å². The van der Waals surface area contributed by atoms with Crippen LogP contribution in [0.1, 0.15) is 39.3 Å². The van der Waals surface area contributed by atoms with Crippen LogP contribution in [0.5, 0.6) is 0 Å². The van der Waals surface area contributed by atoms with Gasteiger partial charge >= 0.3 is 6.18 Å². The number of hydrogen-bond acceptors (Lipinski definition) is 0. The molecule has 0 bridgehead atoms. The van der Waals surface area contributed by atoms with Crippen molar-refractivity contribution in [2.24, 2.45) is 0 Å². The Hall–Kier alpha value is -1.91. The first kappa shape index (κ1) is 17.4. The average molecular weight is 328 g/mol. The van der Waals surface area contributed by atoms with Gasteiger partial charge in [-0.05, 0) is 62.1 Å². The zero-order chi connectivity index (χ0) is 17.5. The SMILES string of the molecule is Cc1cc(F)c(C(c2cc(C)c(C)cc2F)C(F)(F)F)cc1C. The predicted molar refractivity (Wildman–Crippen MR) is 79.6 cm³/mol. The van der Waals surface area contributed by atoms with E-state index in [1.165, 1.54) is 0 Å². The fourth-order valence-corrected chi connectivity index (χ4v) is 2.57. The molecule has 0 unspecified atom stereocenters. The summed E-state index contributed by atoms with van der Waals surface area (Å²) < 4.78 is 69.1. The second kappa shape index (κ2) is 5.95. The highest BCUT2D eigenvalue weighted by Gasteiger charge is 2.44. The van der Waals surface area contributed by atoms with Gasteiger partial charge in [0.15, 0.2) is 0 Å². The third-order valence-corrected chi connectivity index (χ3v) is 4.18. The molecule has 124 valence electrons. The Morgan fingerprint density at radius 3 is 1.26 bits per heavy atom. The molecule has 2 aromatic rings. The van der Waals surface area contributed by atoms with Crippen LogP contribution in [0.25, 0.3) is 0 Å². The molecule has 23 heavy (non-hydrogen) atoms. The maximum Gasteiger partial charge on any atom is 0.399 e. The molecule has 0 heterocycles. The van der Waals surface area contributed by atoms with Crippen molar-refractivity contribution in [2.75, 3.05) is 0 Å². The molecule has 0 aromatic heterocycles. The van der Waals surface area contributed by atoms with Crippen LogP contribution in [-0.2, 0) is 0 Å². The highest BCUT2D eigenvalue weighted by Crippen LogP contribution is 2.43. The van der Waals surface area contributed by atoms with E-state index in [0.29, 0.717) is 22.3 Å². The molecular formula is C18H17F5. The summed E-state index contributed by atoms with van der Waals surface area (Å²) in [7, 11) is 0. The molecule has 0 saturated heterocycles. The van der Waals surface area contributed by atoms with E-state index in [1.807, 2.05) is 0 Å². The molecule has 0 spiro atoms. The number of hydrogen-bond donors (Lipinski definition) is 0. The Balaban J connectivity index is 2.74. The first-order valence-corrected chi connectivity index (χ1v) is 7.12. The lowest BCUT2D eigenvalue weighted by Crippen LogP contribution is -2.24. The first-order chi connectivity index (χ1) is 10.5. The summed E-state index contributed by atoms with van der Waals surface area (Å²) in [5, 5.41) is 0. The molecule has 0 atom stereocenters. The van der Waals surface area contributed by atoms with Crippen molar-refractivity contribution in [2.45, 2.75) is 39.8 Å². The lowest BCUT2D eigenvalue weighted by molar-refractivity contribution is -0.142. The Kier molecular flexibility index (Phi) is 4.51. The van der Waals surface area contributed by atoms with Gasteiger partial charge in [-0.2, -0.15) is 13.2 Å². The summed E-state index contributed by atoms with van der Waals surface area (Å²) in [5.41, 5.74) is 1.05. The van der Waals surface area contributed by atoms with Gasteiger partial charge in [-0.3, -0.25) is 0 Å². The molecule has 0 saturated carbocycles. The minimum Gasteiger partial charge on any atom is -0.207 e. The van der Waals surface area contributed by atoms with Crippen LogP contribution in [0.3, 0.4) is 0 Å². The molecular weight excluding hydrogens is 311 g/mol. The van der Waals surface area contributed by atoms with Gasteiger partial charge in [0, 0.05) is 11.1 Å². The molecule has 2 aromatic carbocycles. The van der Waals surface area contributed by atoms with Gasteiger partial charge in [0.1, 0.15) is 17.6 Å². The van der Waals surface area contributed by atoms with Crippen molar-refractivity contribution >= 4 is 0 Å². The maximum absolute atomic E-state index is 14.2. The fraction of sp³-hybridized carbons (Fsp3) is 0.333. The van der Waals surface area contributed by atoms with E-state index in [4.69, 9.17) is 0 Å². The molecule has 0 aliphatic heterocycles. The van der Waals surface area contributed by atoms with Gasteiger partial charge in [-0.25, -0.2) is 8.78 Å². The summed E-state index contributed by atoms with van der Waals surface area (Å²) >= 11 is 0. The quantitative estimate of drug-likeness (QED) is 0.603. The number of aryl methyl sites for hydroxylation is 4. The summed E-state index contributed by atoms with van der Waals surface area (Å²) in [6, 6.07) is 4.42. The zero-order valence-corrected chi connectivity index (χ0v) is 13.3. The van der Waals surface area contributed by atoms with Crippen molar-refractivity contribution in [3.05, 3.63) is 69.3 Å². The van der Waals surface area contributed by atoms with Crippen molar-refractivity contribution < 1.29 is 22.0 Å². The van der Waals surface area contributed by atoms with Crippen LogP contribution in [0.4, 0.5) is 22.0 Å². The smallest absolute Gasteiger partial charge is 0.207 e. The molecule has 0 aliphatic carbocycles. The summed E-state index contributed by atoms with van der Waals surface area (Å²) in [6.45, 7) is 6.42. The van der Waals surface area contributed by atoms with Gasteiger partial charge in [0.25, 0.3) is 0 Å². The normalized spacial score (nSPS) is 12.1. The Bertz CT molecular complexity index is 687. The van der Waals surface area contributed by atoms with E-state index in [2.05, 4.69) is 0 Å². The molecule has 0 nitrogen and oxygen atoms in total. The molecule has 0 fully saturated rings. The third-order valence-electron chi connectivity index (χ3n) is 4.18. The van der Waals surface area contributed by atoms with Crippen LogP contribution in [0, 0.1) is 39.3 Å². The van der Waals surface area contributed by atoms with Crippen LogP contribution >= 0.6 is 0 Å². The molecule has 5 heteroatoms. The van der Waals surface area contributed by atoms with Crippen LogP contribution in [-0.4, -0.2) is 6.18 Å². The van der Waals surface area contributed by atoms with E-state index < -0.39 is 34.9 Å². The van der Waals surface area contributed by atoms with Crippen LogP contribution < -0.4 is 0 Å². The highest BCUT2D eigenvalue weighted by atomic mass is 19.4. The summed E-state index contributed by atoms with van der Waals surface area (Å²) in [5.74, 6) is -4.29. The Labute approximate surface area is 132 Å². The first-order valence-electron chi connectivity index (χ1n) is 7.12. The van der Waals surface area contributed by atoms with Crippen molar-refractivity contribution in [3.63, 3.8) is 0 Å². The molecule has 0 aliphatic rings. The predicted octanol–water partition coefficient (Wildman–Crippen LogP) is 5.89. The lowest BCUT2D eigenvalue weighted by Gasteiger charge is -2.24. The zero-order valence-electron chi connectivity index (χ0n) is 13.3. The topological polar surface area (TPSA) is 0 Å². The van der Waals surface area contributed by atoms with Crippen LogP contribution in [0.2, 0.25) is 0 Å². The van der Waals surface area contributed by atoms with Crippen molar-refractivity contribution in [1.29, 1.82) is 0 Å². The second-order valence-corrected chi connectivity index (χ2v) is 5.89. The van der Waals surface area contributed by atoms with Gasteiger partial charge in [0.05, 0.1) is 0 Å². The highest BCUT2D eigenvalue weighted by molar-refractivity contribution is 5.43. The average Bonchev–Trinajstić information content (AvgIpc) is 2.40. The molecule has 2 rings (SSSR count). The van der Waals surface area contributed by atoms with E-state index >= 15 is 0 Å². The summed E-state index contributed by atoms with van der Waals surface area (Å²) in [6.07, 6.45) is -4.80. The van der Waals surface area contributed by atoms with E-state index in [0.717, 1.165) is 24.3 Å². The lowest BCUT2D eigenvalue weighted by atomic mass is 9.86. The molecule has 0 N–H and O–H groups in total. The standard InChI is InChI=1S/C18H17F5/c1-9-5-13(15(19)7-11(9)3)17(18(21,22)23)14-6-10(2)12(4)8-16(14)20/h5-8,17H,1-4H3. The van der Waals surface area contributed by atoms with Crippen molar-refractivity contribution in [3.8, 4) is 0 Å².